The first-order valence-corrected chi connectivity index (χ1v) is 10.3. The lowest BCUT2D eigenvalue weighted by atomic mass is 9.64. The Morgan fingerprint density at radius 3 is 2.54 bits per heavy atom. The molecule has 142 valence electrons. The second kappa shape index (κ2) is 6.47. The molecule has 3 nitrogen and oxygen atoms in total. The molecule has 0 unspecified atom stereocenters. The van der Waals surface area contributed by atoms with E-state index in [0.29, 0.717) is 23.1 Å². The number of carbonyl (C=O) groups is 2. The topological polar surface area (TPSA) is 37.4 Å². The fourth-order valence-electron chi connectivity index (χ4n) is 5.48. The molecule has 1 heterocycles. The third-order valence-electron chi connectivity index (χ3n) is 6.64. The van der Waals surface area contributed by atoms with Crippen LogP contribution < -0.4 is 0 Å². The number of halogens is 2. The molecule has 0 radical (unpaired) electrons. The highest BCUT2D eigenvalue weighted by atomic mass is 35.5. The third kappa shape index (κ3) is 2.49. The summed E-state index contributed by atoms with van der Waals surface area (Å²) in [5, 5.41) is 0.983. The molecule has 2 aromatic carbocycles. The number of carbonyl (C=O) groups excluding carboxylic acids is 2. The number of rotatable bonds is 3. The first-order valence-electron chi connectivity index (χ1n) is 9.51. The van der Waals surface area contributed by atoms with E-state index in [0.717, 1.165) is 17.5 Å². The zero-order valence-corrected chi connectivity index (χ0v) is 16.7. The standard InChI is InChI=1S/C23H19Cl2NO2/c24-18-9-7-16(11-19(18)25)20-15-6-8-17(10-15)23(20)13-26(22(28)21(23)27)12-14-4-2-1-3-5-14/h1-9,11,15,17,20H,10,12-13H2/t15-,17+,20+,23-/m1/s1. The van der Waals surface area contributed by atoms with Gasteiger partial charge in [-0.3, -0.25) is 9.59 Å². The maximum Gasteiger partial charge on any atom is 0.290 e. The van der Waals surface area contributed by atoms with Gasteiger partial charge in [-0.1, -0.05) is 71.8 Å². The smallest absolute Gasteiger partial charge is 0.290 e. The number of benzene rings is 2. The number of hydrogen-bond donors (Lipinski definition) is 0. The largest absolute Gasteiger partial charge is 0.331 e. The molecule has 1 saturated carbocycles. The molecule has 2 aromatic rings. The molecule has 4 atom stereocenters. The number of Topliss-reactive ketones (excluding diaryl/α,β-unsaturated/α-hetero) is 1. The average molecular weight is 412 g/mol. The van der Waals surface area contributed by atoms with Crippen LogP contribution in [-0.2, 0) is 16.1 Å². The Bertz CT molecular complexity index is 1000. The summed E-state index contributed by atoms with van der Waals surface area (Å²) in [4.78, 5) is 28.0. The number of ketones is 1. The molecule has 5 heteroatoms. The highest BCUT2D eigenvalue weighted by molar-refractivity contribution is 6.42. The van der Waals surface area contributed by atoms with Crippen LogP contribution in [0.1, 0.15) is 23.5 Å². The molecule has 5 rings (SSSR count). The molecule has 1 aliphatic heterocycles. The summed E-state index contributed by atoms with van der Waals surface area (Å²) < 4.78 is 0. The van der Waals surface area contributed by atoms with Crippen molar-refractivity contribution in [1.82, 2.24) is 4.90 Å². The van der Waals surface area contributed by atoms with Crippen molar-refractivity contribution in [3.05, 3.63) is 81.9 Å². The highest BCUT2D eigenvalue weighted by Crippen LogP contribution is 2.63. The van der Waals surface area contributed by atoms with E-state index >= 15 is 0 Å². The molecule has 28 heavy (non-hydrogen) atoms. The van der Waals surface area contributed by atoms with Gasteiger partial charge in [0, 0.05) is 19.0 Å². The third-order valence-corrected chi connectivity index (χ3v) is 7.38. The highest BCUT2D eigenvalue weighted by Gasteiger charge is 2.66. The number of allylic oxidation sites excluding steroid dienone is 2. The molecule has 0 N–H and O–H groups in total. The van der Waals surface area contributed by atoms with E-state index in [2.05, 4.69) is 12.2 Å². The van der Waals surface area contributed by atoms with E-state index in [1.807, 2.05) is 42.5 Å². The van der Waals surface area contributed by atoms with E-state index in [1.54, 1.807) is 11.0 Å². The van der Waals surface area contributed by atoms with Gasteiger partial charge in [-0.05, 0) is 41.5 Å². The van der Waals surface area contributed by atoms with Gasteiger partial charge in [0.25, 0.3) is 5.91 Å². The quantitative estimate of drug-likeness (QED) is 0.532. The van der Waals surface area contributed by atoms with E-state index in [4.69, 9.17) is 23.2 Å². The van der Waals surface area contributed by atoms with Crippen LogP contribution in [0, 0.1) is 17.3 Å². The van der Waals surface area contributed by atoms with Crippen molar-refractivity contribution in [1.29, 1.82) is 0 Å². The summed E-state index contributed by atoms with van der Waals surface area (Å²) in [5.41, 5.74) is 1.32. The Balaban J connectivity index is 1.55. The van der Waals surface area contributed by atoms with Crippen LogP contribution in [0.5, 0.6) is 0 Å². The summed E-state index contributed by atoms with van der Waals surface area (Å²) in [6.07, 6.45) is 5.24. The summed E-state index contributed by atoms with van der Waals surface area (Å²) in [6, 6.07) is 15.4. The van der Waals surface area contributed by atoms with Crippen LogP contribution in [-0.4, -0.2) is 23.1 Å². The van der Waals surface area contributed by atoms with Gasteiger partial charge >= 0.3 is 0 Å². The van der Waals surface area contributed by atoms with Crippen LogP contribution in [0.4, 0.5) is 0 Å². The van der Waals surface area contributed by atoms with Crippen molar-refractivity contribution in [2.24, 2.45) is 17.3 Å². The molecule has 1 spiro atoms. The molecule has 3 aliphatic rings. The number of fused-ring (bicyclic) bond motifs is 3. The van der Waals surface area contributed by atoms with Gasteiger partial charge in [0.2, 0.25) is 5.78 Å². The Kier molecular flexibility index (Phi) is 4.15. The Hall–Kier alpha value is -2.10. The van der Waals surface area contributed by atoms with Crippen molar-refractivity contribution < 1.29 is 9.59 Å². The van der Waals surface area contributed by atoms with Crippen LogP contribution in [0.3, 0.4) is 0 Å². The predicted molar refractivity (Wildman–Crippen MR) is 109 cm³/mol. The summed E-state index contributed by atoms with van der Waals surface area (Å²) in [6.45, 7) is 0.915. The van der Waals surface area contributed by atoms with Crippen LogP contribution >= 0.6 is 23.2 Å². The second-order valence-electron chi connectivity index (χ2n) is 8.06. The SMILES string of the molecule is O=C1C(=O)[C@@]2(CN1Cc1ccccc1)[C@H](c1ccc(Cl)c(Cl)c1)[C@@H]1C=C[C@H]2C1. The molecule has 1 amide bonds. The van der Waals surface area contributed by atoms with Gasteiger partial charge in [0.15, 0.2) is 0 Å². The molecular formula is C23H19Cl2NO2. The zero-order chi connectivity index (χ0) is 19.5. The zero-order valence-electron chi connectivity index (χ0n) is 15.1. The number of nitrogens with zero attached hydrogens (tertiary/aromatic N) is 1. The lowest BCUT2D eigenvalue weighted by Gasteiger charge is -2.37. The monoisotopic (exact) mass is 411 g/mol. The van der Waals surface area contributed by atoms with Gasteiger partial charge < -0.3 is 4.90 Å². The van der Waals surface area contributed by atoms with E-state index in [1.165, 1.54) is 0 Å². The molecular weight excluding hydrogens is 393 g/mol. The normalized spacial score (nSPS) is 30.8. The molecule has 1 saturated heterocycles. The van der Waals surface area contributed by atoms with Crippen LogP contribution in [0.2, 0.25) is 10.0 Å². The minimum absolute atomic E-state index is 0.0468. The maximum absolute atomic E-state index is 13.4. The minimum atomic E-state index is -0.706. The van der Waals surface area contributed by atoms with Crippen molar-refractivity contribution >= 4 is 34.9 Å². The van der Waals surface area contributed by atoms with Gasteiger partial charge in [-0.2, -0.15) is 0 Å². The summed E-state index contributed by atoms with van der Waals surface area (Å²) >= 11 is 12.4. The Morgan fingerprint density at radius 2 is 1.79 bits per heavy atom. The van der Waals surface area contributed by atoms with Gasteiger partial charge in [-0.15, -0.1) is 0 Å². The minimum Gasteiger partial charge on any atom is -0.331 e. The number of amides is 1. The first-order chi connectivity index (χ1) is 13.5. The van der Waals surface area contributed by atoms with Gasteiger partial charge in [0.1, 0.15) is 0 Å². The van der Waals surface area contributed by atoms with E-state index in [9.17, 15) is 9.59 Å². The number of hydrogen-bond acceptors (Lipinski definition) is 2. The van der Waals surface area contributed by atoms with Gasteiger partial charge in [0.05, 0.1) is 15.5 Å². The Morgan fingerprint density at radius 1 is 1.00 bits per heavy atom. The first kappa shape index (κ1) is 18.0. The van der Waals surface area contributed by atoms with Gasteiger partial charge in [-0.25, -0.2) is 0 Å². The van der Waals surface area contributed by atoms with Crippen LogP contribution in [0.25, 0.3) is 0 Å². The summed E-state index contributed by atoms with van der Waals surface area (Å²) in [7, 11) is 0. The Labute approximate surface area is 173 Å². The predicted octanol–water partition coefficient (Wildman–Crippen LogP) is 4.88. The van der Waals surface area contributed by atoms with Crippen molar-refractivity contribution in [2.45, 2.75) is 18.9 Å². The van der Waals surface area contributed by atoms with Crippen molar-refractivity contribution in [3.63, 3.8) is 0 Å². The molecule has 2 aliphatic carbocycles. The second-order valence-corrected chi connectivity index (χ2v) is 8.87. The molecule has 2 bridgehead atoms. The lowest BCUT2D eigenvalue weighted by molar-refractivity contribution is -0.143. The molecule has 2 fully saturated rings. The van der Waals surface area contributed by atoms with Crippen LogP contribution in [0.15, 0.2) is 60.7 Å². The van der Waals surface area contributed by atoms with Crippen molar-refractivity contribution in [2.75, 3.05) is 6.54 Å². The molecule has 0 aromatic heterocycles. The fraction of sp³-hybridized carbons (Fsp3) is 0.304. The number of likely N-dealkylation sites (tertiary alicyclic amines) is 1. The van der Waals surface area contributed by atoms with E-state index < -0.39 is 5.41 Å². The average Bonchev–Trinajstić information content (AvgIpc) is 3.35. The maximum atomic E-state index is 13.4. The fourth-order valence-corrected chi connectivity index (χ4v) is 5.78. The van der Waals surface area contributed by atoms with E-state index in [-0.39, 0.29) is 29.4 Å². The van der Waals surface area contributed by atoms with Crippen molar-refractivity contribution in [3.8, 4) is 0 Å². The summed E-state index contributed by atoms with van der Waals surface area (Å²) in [5.74, 6) is -0.328. The lowest BCUT2D eigenvalue weighted by Crippen LogP contribution is -2.41.